The van der Waals surface area contributed by atoms with Crippen molar-refractivity contribution in [2.24, 2.45) is 5.73 Å². The van der Waals surface area contributed by atoms with E-state index in [4.69, 9.17) is 5.73 Å². The molecule has 1 amide bonds. The van der Waals surface area contributed by atoms with Crippen molar-refractivity contribution >= 4 is 34.2 Å². The standard InChI is InChI=1S/C13H17BrF2N2O.ClH/c1-9-6-10(2-4-11(9)14)3-5-12(19)18-8-13(15,16)7-17;/h2,4,6H,3,5,7-8,17H2,1H3,(H,18,19);1H. The molecular weight excluding hydrogens is 354 g/mol. The molecule has 0 aliphatic rings. The second-order valence-corrected chi connectivity index (χ2v) is 5.27. The molecule has 7 heteroatoms. The van der Waals surface area contributed by atoms with Crippen molar-refractivity contribution in [2.45, 2.75) is 25.7 Å². The number of amides is 1. The molecule has 0 unspecified atom stereocenters. The third-order valence-electron chi connectivity index (χ3n) is 2.71. The summed E-state index contributed by atoms with van der Waals surface area (Å²) < 4.78 is 26.7. The van der Waals surface area contributed by atoms with E-state index in [2.05, 4.69) is 21.2 Å². The largest absolute Gasteiger partial charge is 0.350 e. The second kappa shape index (κ2) is 8.54. The maximum atomic E-state index is 12.8. The lowest BCUT2D eigenvalue weighted by molar-refractivity contribution is -0.122. The van der Waals surface area contributed by atoms with E-state index in [1.807, 2.05) is 25.1 Å². The van der Waals surface area contributed by atoms with Crippen molar-refractivity contribution in [3.05, 3.63) is 33.8 Å². The van der Waals surface area contributed by atoms with Crippen molar-refractivity contribution in [1.29, 1.82) is 0 Å². The molecule has 1 rings (SSSR count). The number of hydrogen-bond acceptors (Lipinski definition) is 2. The summed E-state index contributed by atoms with van der Waals surface area (Å²) >= 11 is 3.39. The van der Waals surface area contributed by atoms with Gasteiger partial charge in [-0.3, -0.25) is 4.79 Å². The molecule has 1 aromatic carbocycles. The summed E-state index contributed by atoms with van der Waals surface area (Å²) in [4.78, 5) is 11.4. The highest BCUT2D eigenvalue weighted by atomic mass is 79.9. The van der Waals surface area contributed by atoms with Crippen molar-refractivity contribution in [1.82, 2.24) is 5.32 Å². The molecule has 20 heavy (non-hydrogen) atoms. The van der Waals surface area contributed by atoms with Gasteiger partial charge >= 0.3 is 0 Å². The van der Waals surface area contributed by atoms with Crippen molar-refractivity contribution in [3.8, 4) is 0 Å². The summed E-state index contributed by atoms with van der Waals surface area (Å²) in [5.41, 5.74) is 6.96. The zero-order chi connectivity index (χ0) is 14.5. The Morgan fingerprint density at radius 2 is 2.10 bits per heavy atom. The van der Waals surface area contributed by atoms with Crippen LogP contribution < -0.4 is 11.1 Å². The van der Waals surface area contributed by atoms with Crippen molar-refractivity contribution in [2.75, 3.05) is 13.1 Å². The predicted molar refractivity (Wildman–Crippen MR) is 81.5 cm³/mol. The SMILES string of the molecule is Cc1cc(CCC(=O)NCC(F)(F)CN)ccc1Br.Cl. The fourth-order valence-corrected chi connectivity index (χ4v) is 1.76. The summed E-state index contributed by atoms with van der Waals surface area (Å²) in [5, 5.41) is 2.19. The Morgan fingerprint density at radius 1 is 1.45 bits per heavy atom. The number of nitrogens with one attached hydrogen (secondary N) is 1. The Hall–Kier alpha value is -0.720. The molecule has 1 aromatic rings. The van der Waals surface area contributed by atoms with Gasteiger partial charge in [-0.2, -0.15) is 0 Å². The van der Waals surface area contributed by atoms with Gasteiger partial charge in [0.1, 0.15) is 0 Å². The highest BCUT2D eigenvalue weighted by Crippen LogP contribution is 2.18. The third kappa shape index (κ3) is 6.63. The van der Waals surface area contributed by atoms with Crippen LogP contribution in [0.1, 0.15) is 17.5 Å². The van der Waals surface area contributed by atoms with Crippen molar-refractivity contribution in [3.63, 3.8) is 0 Å². The maximum Gasteiger partial charge on any atom is 0.277 e. The first-order chi connectivity index (χ1) is 8.84. The summed E-state index contributed by atoms with van der Waals surface area (Å²) in [7, 11) is 0. The molecule has 0 aliphatic heterocycles. The Labute approximate surface area is 131 Å². The number of halogens is 4. The van der Waals surface area contributed by atoms with Crippen LogP contribution in [0.15, 0.2) is 22.7 Å². The normalized spacial score (nSPS) is 10.8. The molecule has 0 fully saturated rings. The average Bonchev–Trinajstić information content (AvgIpc) is 2.38. The Kier molecular flexibility index (Phi) is 8.23. The van der Waals surface area contributed by atoms with E-state index < -0.39 is 24.9 Å². The lowest BCUT2D eigenvalue weighted by Crippen LogP contribution is -2.41. The van der Waals surface area contributed by atoms with Gasteiger partial charge in [0, 0.05) is 10.9 Å². The fraction of sp³-hybridized carbons (Fsp3) is 0.462. The summed E-state index contributed by atoms with van der Waals surface area (Å²) in [5.74, 6) is -3.43. The quantitative estimate of drug-likeness (QED) is 0.808. The Bertz CT molecular complexity index is 458. The van der Waals surface area contributed by atoms with Crippen molar-refractivity contribution < 1.29 is 13.6 Å². The second-order valence-electron chi connectivity index (χ2n) is 4.42. The van der Waals surface area contributed by atoms with E-state index >= 15 is 0 Å². The van der Waals surface area contributed by atoms with Crippen LogP contribution in [-0.4, -0.2) is 24.9 Å². The molecule has 3 nitrogen and oxygen atoms in total. The minimum Gasteiger partial charge on any atom is -0.350 e. The van der Waals surface area contributed by atoms with Crippen LogP contribution >= 0.6 is 28.3 Å². The van der Waals surface area contributed by atoms with Gasteiger partial charge in [0.15, 0.2) is 0 Å². The van der Waals surface area contributed by atoms with E-state index in [-0.39, 0.29) is 18.8 Å². The predicted octanol–water partition coefficient (Wildman–Crippen LogP) is 2.82. The molecule has 0 saturated heterocycles. The summed E-state index contributed by atoms with van der Waals surface area (Å²) in [6.07, 6.45) is 0.704. The molecule has 0 radical (unpaired) electrons. The van der Waals surface area contributed by atoms with E-state index in [1.54, 1.807) is 0 Å². The van der Waals surface area contributed by atoms with Gasteiger partial charge in [-0.25, -0.2) is 8.78 Å². The first-order valence-corrected chi connectivity index (χ1v) is 6.73. The number of hydrogen-bond donors (Lipinski definition) is 2. The van der Waals surface area contributed by atoms with Crippen LogP contribution in [0.5, 0.6) is 0 Å². The topological polar surface area (TPSA) is 55.1 Å². The van der Waals surface area contributed by atoms with Gasteiger partial charge in [0.25, 0.3) is 5.92 Å². The van der Waals surface area contributed by atoms with Gasteiger partial charge in [-0.05, 0) is 30.5 Å². The first-order valence-electron chi connectivity index (χ1n) is 5.94. The third-order valence-corrected chi connectivity index (χ3v) is 3.60. The smallest absolute Gasteiger partial charge is 0.277 e. The zero-order valence-electron chi connectivity index (χ0n) is 11.1. The molecule has 0 saturated carbocycles. The van der Waals surface area contributed by atoms with Crippen LogP contribution in [0.4, 0.5) is 8.78 Å². The van der Waals surface area contributed by atoms with Gasteiger partial charge in [-0.15, -0.1) is 12.4 Å². The minimum atomic E-state index is -3.04. The first kappa shape index (κ1) is 19.3. The van der Waals surface area contributed by atoms with Gasteiger partial charge in [-0.1, -0.05) is 28.1 Å². The molecule has 0 heterocycles. The van der Waals surface area contributed by atoms with E-state index in [0.717, 1.165) is 15.6 Å². The van der Waals surface area contributed by atoms with Crippen LogP contribution in [0, 0.1) is 6.92 Å². The number of nitrogens with two attached hydrogens (primary N) is 1. The monoisotopic (exact) mass is 370 g/mol. The lowest BCUT2D eigenvalue weighted by Gasteiger charge is -2.14. The molecule has 0 aromatic heterocycles. The molecule has 114 valence electrons. The van der Waals surface area contributed by atoms with E-state index in [1.165, 1.54) is 0 Å². The van der Waals surface area contributed by atoms with E-state index in [0.29, 0.717) is 6.42 Å². The minimum absolute atomic E-state index is 0. The van der Waals surface area contributed by atoms with Gasteiger partial charge in [0.05, 0.1) is 13.1 Å². The Balaban J connectivity index is 0.00000361. The van der Waals surface area contributed by atoms with Crippen LogP contribution in [0.2, 0.25) is 0 Å². The highest BCUT2D eigenvalue weighted by Gasteiger charge is 2.26. The maximum absolute atomic E-state index is 12.8. The number of rotatable bonds is 6. The fourth-order valence-electron chi connectivity index (χ4n) is 1.51. The van der Waals surface area contributed by atoms with Crippen LogP contribution in [0.3, 0.4) is 0 Å². The van der Waals surface area contributed by atoms with Gasteiger partial charge in [0.2, 0.25) is 5.91 Å². The number of carbonyl (C=O) groups is 1. The number of benzene rings is 1. The van der Waals surface area contributed by atoms with Crippen LogP contribution in [-0.2, 0) is 11.2 Å². The zero-order valence-corrected chi connectivity index (χ0v) is 13.5. The summed E-state index contributed by atoms with van der Waals surface area (Å²) in [6.45, 7) is 0.482. The van der Waals surface area contributed by atoms with E-state index in [9.17, 15) is 13.6 Å². The van der Waals surface area contributed by atoms with Gasteiger partial charge < -0.3 is 11.1 Å². The van der Waals surface area contributed by atoms with Crippen LogP contribution in [0.25, 0.3) is 0 Å². The average molecular weight is 372 g/mol. The summed E-state index contributed by atoms with van der Waals surface area (Å²) in [6, 6.07) is 5.77. The Morgan fingerprint density at radius 3 is 2.65 bits per heavy atom. The lowest BCUT2D eigenvalue weighted by atomic mass is 10.1. The molecule has 0 atom stereocenters. The number of carbonyl (C=O) groups excluding carboxylic acids is 1. The number of aryl methyl sites for hydroxylation is 2. The molecule has 0 spiro atoms. The highest BCUT2D eigenvalue weighted by molar-refractivity contribution is 9.10. The molecular formula is C13H18BrClF2N2O. The number of alkyl halides is 2. The molecule has 0 bridgehead atoms. The molecule has 3 N–H and O–H groups in total. The molecule has 0 aliphatic carbocycles.